The van der Waals surface area contributed by atoms with Gasteiger partial charge in [-0.25, -0.2) is 0 Å². The van der Waals surface area contributed by atoms with Gasteiger partial charge in [0, 0.05) is 58.7 Å². The van der Waals surface area contributed by atoms with E-state index < -0.39 is 0 Å². The van der Waals surface area contributed by atoms with E-state index in [0.717, 1.165) is 88.3 Å². The summed E-state index contributed by atoms with van der Waals surface area (Å²) < 4.78 is 14.6. The van der Waals surface area contributed by atoms with Crippen LogP contribution in [-0.2, 0) is 0 Å². The first-order chi connectivity index (χ1) is 33.7. The molecule has 0 bridgehead atoms. The molecule has 15 rings (SSSR count). The third kappa shape index (κ3) is 5.57. The molecule has 0 saturated carbocycles. The van der Waals surface area contributed by atoms with Crippen molar-refractivity contribution in [3.63, 3.8) is 0 Å². The number of pyridine rings is 1. The zero-order chi connectivity index (χ0) is 44.5. The predicted molar refractivity (Wildman–Crippen MR) is 281 cm³/mol. The minimum atomic E-state index is -0.320. The van der Waals surface area contributed by atoms with Crippen molar-refractivity contribution in [3.8, 4) is 0 Å². The van der Waals surface area contributed by atoms with E-state index >= 15 is 0 Å². The molecule has 0 fully saturated rings. The molecule has 0 unspecified atom stereocenters. The molecule has 0 N–H and O–H groups in total. The number of furan rings is 2. The lowest BCUT2D eigenvalue weighted by Crippen LogP contribution is -2.73. The normalized spacial score (nSPS) is 13.6. The van der Waals surface area contributed by atoms with Crippen molar-refractivity contribution in [2.24, 2.45) is 0 Å². The molecule has 8 aromatic carbocycles. The lowest BCUT2D eigenvalue weighted by Gasteiger charge is -2.33. The van der Waals surface area contributed by atoms with Crippen LogP contribution in [-0.4, -0.2) is 28.6 Å². The molecule has 4 aromatic heterocycles. The highest BCUT2D eigenvalue weighted by atomic mass is 32.2. The minimum absolute atomic E-state index is 0.316. The van der Waals surface area contributed by atoms with E-state index in [9.17, 15) is 0 Å². The van der Waals surface area contributed by atoms with Crippen LogP contribution in [0.1, 0.15) is 0 Å². The van der Waals surface area contributed by atoms with Crippen LogP contribution in [0.2, 0.25) is 0 Å². The van der Waals surface area contributed by atoms with Gasteiger partial charge in [-0.2, -0.15) is 10.2 Å². The van der Waals surface area contributed by atoms with Crippen LogP contribution >= 0.6 is 23.5 Å². The fourth-order valence-electron chi connectivity index (χ4n) is 11.0. The van der Waals surface area contributed by atoms with E-state index in [2.05, 4.69) is 196 Å². The monoisotopic (exact) mass is 905 g/mol. The zero-order valence-electron chi connectivity index (χ0n) is 36.1. The van der Waals surface area contributed by atoms with Gasteiger partial charge in [0.2, 0.25) is 0 Å². The molecule has 11 heteroatoms. The average Bonchev–Trinajstić information content (AvgIpc) is 3.99. The number of anilines is 6. The first kappa shape index (κ1) is 38.2. The Morgan fingerprint density at radius 1 is 0.397 bits per heavy atom. The van der Waals surface area contributed by atoms with Gasteiger partial charge < -0.3 is 18.6 Å². The molecule has 7 nitrogen and oxygen atoms in total. The summed E-state index contributed by atoms with van der Waals surface area (Å²) in [5, 5.41) is 13.0. The SMILES string of the molecule is c1ccc2c(c1)Sc1ccccc1N2c1ccc(B2c3oc4ccc5ncccc5c4c3B(c3ccc(N4c5ccccc5Sc5ccccc54)cc3)c3oc4ccc5nnccc5c4c32)cc1. The Labute approximate surface area is 399 Å². The highest BCUT2D eigenvalue weighted by molar-refractivity contribution is 8.00. The maximum atomic E-state index is 7.32. The summed E-state index contributed by atoms with van der Waals surface area (Å²) in [6.07, 6.45) is 3.64. The van der Waals surface area contributed by atoms with E-state index in [4.69, 9.17) is 13.8 Å². The first-order valence-electron chi connectivity index (χ1n) is 22.7. The molecule has 0 amide bonds. The Bertz CT molecular complexity index is 3690. The van der Waals surface area contributed by atoms with Crippen molar-refractivity contribution >= 4 is 148 Å². The second-order valence-electron chi connectivity index (χ2n) is 17.5. The highest BCUT2D eigenvalue weighted by Gasteiger charge is 2.47. The quantitative estimate of drug-likeness (QED) is 0.161. The van der Waals surface area contributed by atoms with Gasteiger partial charge in [0.25, 0.3) is 13.4 Å². The molecule has 0 radical (unpaired) electrons. The van der Waals surface area contributed by atoms with E-state index in [0.29, 0.717) is 0 Å². The molecule has 12 aromatic rings. The Hall–Kier alpha value is -7.98. The third-order valence-electron chi connectivity index (χ3n) is 13.8. The van der Waals surface area contributed by atoms with E-state index in [-0.39, 0.29) is 13.4 Å². The molecule has 68 heavy (non-hydrogen) atoms. The summed E-state index contributed by atoms with van der Waals surface area (Å²) in [6, 6.07) is 67.2. The molecule has 0 aliphatic carbocycles. The number of rotatable bonds is 4. The molecule has 316 valence electrons. The third-order valence-corrected chi connectivity index (χ3v) is 16.1. The van der Waals surface area contributed by atoms with E-state index in [1.165, 1.54) is 42.3 Å². The highest BCUT2D eigenvalue weighted by Crippen LogP contribution is 2.52. The molecular formula is C57H33B2N5O2S2. The number of aromatic nitrogens is 3. The topological polar surface area (TPSA) is 71.4 Å². The zero-order valence-corrected chi connectivity index (χ0v) is 37.7. The average molecular weight is 906 g/mol. The lowest BCUT2D eigenvalue weighted by molar-refractivity contribution is 0.647. The molecule has 7 heterocycles. The van der Waals surface area contributed by atoms with Crippen LogP contribution in [0.15, 0.2) is 229 Å². The molecule has 0 saturated heterocycles. The van der Waals surface area contributed by atoms with Gasteiger partial charge in [-0.05, 0) is 120 Å². The van der Waals surface area contributed by atoms with Crippen LogP contribution < -0.4 is 43.0 Å². The second-order valence-corrected chi connectivity index (χ2v) is 19.6. The van der Waals surface area contributed by atoms with Crippen LogP contribution in [0.25, 0.3) is 43.7 Å². The Kier molecular flexibility index (Phi) is 8.28. The number of hydrogen-bond acceptors (Lipinski definition) is 9. The molecule has 0 spiro atoms. The summed E-state index contributed by atoms with van der Waals surface area (Å²) >= 11 is 3.63. The standard InChI is InChI=1S/C57H33B2N5O2S2/c1-5-15-48-42(11-1)63(43-12-2-6-16-49(43)67-48)36-23-19-34(20-24-36)58-54-52-38-10-9-32-60-40(38)27-29-46(52)65-56(54)59(55-53-39-31-33-61-62-41(39)28-30-47(53)66-57(55)58)35-21-25-37(26-22-35)64-44-13-3-7-17-50(44)68-51-18-8-4-14-45(51)64/h1-33H. The van der Waals surface area contributed by atoms with Crippen LogP contribution in [0.3, 0.4) is 0 Å². The van der Waals surface area contributed by atoms with Crippen molar-refractivity contribution in [2.45, 2.75) is 19.6 Å². The van der Waals surface area contributed by atoms with Gasteiger partial charge >= 0.3 is 0 Å². The van der Waals surface area contributed by atoms with Gasteiger partial charge in [0.05, 0.1) is 51.3 Å². The summed E-state index contributed by atoms with van der Waals surface area (Å²) in [5.41, 5.74) is 16.3. The number of fused-ring (bicyclic) bond motifs is 14. The maximum Gasteiger partial charge on any atom is 0.290 e. The number of benzene rings is 8. The van der Waals surface area contributed by atoms with Gasteiger partial charge in [0.1, 0.15) is 11.2 Å². The largest absolute Gasteiger partial charge is 0.471 e. The lowest BCUT2D eigenvalue weighted by atomic mass is 9.23. The van der Waals surface area contributed by atoms with Gasteiger partial charge in [-0.3, -0.25) is 4.98 Å². The van der Waals surface area contributed by atoms with Gasteiger partial charge in [-0.1, -0.05) is 113 Å². The van der Waals surface area contributed by atoms with Crippen molar-refractivity contribution in [2.75, 3.05) is 9.80 Å². The smallest absolute Gasteiger partial charge is 0.290 e. The predicted octanol–water partition coefficient (Wildman–Crippen LogP) is 10.9. The number of para-hydroxylation sites is 4. The van der Waals surface area contributed by atoms with E-state index in [1.807, 2.05) is 41.9 Å². The fourth-order valence-corrected chi connectivity index (χ4v) is 13.1. The van der Waals surface area contributed by atoms with Crippen molar-refractivity contribution in [1.29, 1.82) is 0 Å². The fraction of sp³-hybridized carbons (Fsp3) is 0. The van der Waals surface area contributed by atoms with Gasteiger partial charge in [0.15, 0.2) is 0 Å². The Morgan fingerprint density at radius 3 is 1.32 bits per heavy atom. The van der Waals surface area contributed by atoms with Gasteiger partial charge in [-0.15, -0.1) is 0 Å². The summed E-state index contributed by atoms with van der Waals surface area (Å²) in [6.45, 7) is -0.636. The van der Waals surface area contributed by atoms with Crippen molar-refractivity contribution < 1.29 is 8.83 Å². The Morgan fingerprint density at radius 2 is 0.838 bits per heavy atom. The molecule has 3 aliphatic rings. The van der Waals surface area contributed by atoms with E-state index in [1.54, 1.807) is 6.20 Å². The summed E-state index contributed by atoms with van der Waals surface area (Å²) in [7, 11) is 0. The van der Waals surface area contributed by atoms with Crippen molar-refractivity contribution in [3.05, 3.63) is 200 Å². The van der Waals surface area contributed by atoms with Crippen LogP contribution in [0.5, 0.6) is 0 Å². The second kappa shape index (κ2) is 14.8. The summed E-state index contributed by atoms with van der Waals surface area (Å²) in [5.74, 6) is 0. The summed E-state index contributed by atoms with van der Waals surface area (Å²) in [4.78, 5) is 14.5. The molecular weight excluding hydrogens is 872 g/mol. The number of nitrogens with zero attached hydrogens (tertiary/aromatic N) is 5. The minimum Gasteiger partial charge on any atom is -0.471 e. The molecule has 3 aliphatic heterocycles. The maximum absolute atomic E-state index is 7.32. The molecule has 0 atom stereocenters. The number of hydrogen-bond donors (Lipinski definition) is 0. The van der Waals surface area contributed by atoms with Crippen molar-refractivity contribution in [1.82, 2.24) is 15.2 Å². The Balaban J connectivity index is 0.963. The first-order valence-corrected chi connectivity index (χ1v) is 24.4. The van der Waals surface area contributed by atoms with Crippen LogP contribution in [0, 0.1) is 0 Å². The van der Waals surface area contributed by atoms with Crippen LogP contribution in [0.4, 0.5) is 34.1 Å².